The first-order valence-electron chi connectivity index (χ1n) is 4.66. The fraction of sp³-hybridized carbons (Fsp3) is 0.222. The van der Waals surface area contributed by atoms with Crippen LogP contribution in [0.4, 0.5) is 5.69 Å². The SMILES string of the molecule is Cc1ccc(S(N)(=O)=O)cc1NS(=O)(=O)CC#N. The normalized spacial score (nSPS) is 11.8. The molecule has 0 saturated carbocycles. The van der Waals surface area contributed by atoms with Crippen molar-refractivity contribution < 1.29 is 16.8 Å². The van der Waals surface area contributed by atoms with E-state index in [2.05, 4.69) is 4.72 Å². The second kappa shape index (κ2) is 4.93. The molecular formula is C9H11N3O4S2. The molecule has 0 radical (unpaired) electrons. The van der Waals surface area contributed by atoms with Gasteiger partial charge in [-0.25, -0.2) is 22.0 Å². The number of primary sulfonamides is 1. The molecule has 0 aliphatic carbocycles. The molecule has 0 fully saturated rings. The van der Waals surface area contributed by atoms with Crippen molar-refractivity contribution in [1.29, 1.82) is 5.26 Å². The van der Waals surface area contributed by atoms with E-state index < -0.39 is 25.8 Å². The maximum Gasteiger partial charge on any atom is 0.246 e. The predicted molar refractivity (Wildman–Crippen MR) is 65.6 cm³/mol. The molecule has 98 valence electrons. The Morgan fingerprint density at radius 1 is 1.33 bits per heavy atom. The van der Waals surface area contributed by atoms with Crippen LogP contribution < -0.4 is 9.86 Å². The molecule has 0 atom stereocenters. The molecule has 7 nitrogen and oxygen atoms in total. The van der Waals surface area contributed by atoms with Crippen LogP contribution in [0.2, 0.25) is 0 Å². The Morgan fingerprint density at radius 3 is 2.44 bits per heavy atom. The summed E-state index contributed by atoms with van der Waals surface area (Å²) in [6.45, 7) is 1.59. The molecule has 3 N–H and O–H groups in total. The zero-order chi connectivity index (χ0) is 14.0. The number of nitrogens with zero attached hydrogens (tertiary/aromatic N) is 1. The number of benzene rings is 1. The Balaban J connectivity index is 3.23. The van der Waals surface area contributed by atoms with E-state index >= 15 is 0 Å². The molecule has 0 heterocycles. The highest BCUT2D eigenvalue weighted by Gasteiger charge is 2.14. The standard InChI is InChI=1S/C9H11N3O4S2/c1-7-2-3-8(18(11,15)16)6-9(7)12-17(13,14)5-4-10/h2-3,6,12H,5H2,1H3,(H2,11,15,16). The van der Waals surface area contributed by atoms with Crippen molar-refractivity contribution in [3.8, 4) is 6.07 Å². The molecule has 0 spiro atoms. The van der Waals surface area contributed by atoms with E-state index in [0.717, 1.165) is 6.07 Å². The van der Waals surface area contributed by atoms with E-state index in [9.17, 15) is 16.8 Å². The van der Waals surface area contributed by atoms with Crippen LogP contribution in [0.5, 0.6) is 0 Å². The number of nitriles is 1. The lowest BCUT2D eigenvalue weighted by Gasteiger charge is -2.09. The number of nitrogens with two attached hydrogens (primary N) is 1. The number of aryl methyl sites for hydroxylation is 1. The minimum absolute atomic E-state index is 0.0803. The molecular weight excluding hydrogens is 278 g/mol. The third-order valence-corrected chi connectivity index (χ3v) is 4.01. The van der Waals surface area contributed by atoms with Gasteiger partial charge in [-0.1, -0.05) is 6.07 Å². The Bertz CT molecular complexity index is 702. The smallest absolute Gasteiger partial charge is 0.246 e. The number of anilines is 1. The number of hydrogen-bond donors (Lipinski definition) is 2. The van der Waals surface area contributed by atoms with Gasteiger partial charge in [0.25, 0.3) is 0 Å². The lowest BCUT2D eigenvalue weighted by molar-refractivity contribution is 0.597. The molecule has 0 amide bonds. The summed E-state index contributed by atoms with van der Waals surface area (Å²) in [6.07, 6.45) is 0. The van der Waals surface area contributed by atoms with E-state index in [1.807, 2.05) is 0 Å². The molecule has 1 aromatic rings. The highest BCUT2D eigenvalue weighted by molar-refractivity contribution is 7.92. The van der Waals surface area contributed by atoms with Gasteiger partial charge in [-0.3, -0.25) is 4.72 Å². The highest BCUT2D eigenvalue weighted by Crippen LogP contribution is 2.20. The average molecular weight is 289 g/mol. The molecule has 0 aliphatic heterocycles. The van der Waals surface area contributed by atoms with Crippen molar-refractivity contribution in [1.82, 2.24) is 0 Å². The van der Waals surface area contributed by atoms with Crippen LogP contribution in [0.25, 0.3) is 0 Å². The lowest BCUT2D eigenvalue weighted by Crippen LogP contribution is -2.17. The number of nitrogens with one attached hydrogen (secondary N) is 1. The first kappa shape index (κ1) is 14.4. The fourth-order valence-corrected chi connectivity index (χ4v) is 2.51. The minimum atomic E-state index is -3.91. The zero-order valence-corrected chi connectivity index (χ0v) is 11.0. The van der Waals surface area contributed by atoms with Gasteiger partial charge in [0.05, 0.1) is 16.7 Å². The van der Waals surface area contributed by atoms with Crippen LogP contribution in [0, 0.1) is 18.3 Å². The van der Waals surface area contributed by atoms with Gasteiger partial charge < -0.3 is 0 Å². The van der Waals surface area contributed by atoms with E-state index in [1.165, 1.54) is 18.2 Å². The van der Waals surface area contributed by atoms with E-state index in [1.54, 1.807) is 6.92 Å². The summed E-state index contributed by atoms with van der Waals surface area (Å²) >= 11 is 0. The van der Waals surface area contributed by atoms with Gasteiger partial charge in [-0.2, -0.15) is 5.26 Å². The van der Waals surface area contributed by atoms with Crippen LogP contribution >= 0.6 is 0 Å². The zero-order valence-electron chi connectivity index (χ0n) is 9.41. The van der Waals surface area contributed by atoms with Gasteiger partial charge in [0.1, 0.15) is 0 Å². The first-order chi connectivity index (χ1) is 8.15. The van der Waals surface area contributed by atoms with E-state index in [4.69, 9.17) is 10.4 Å². The maximum atomic E-state index is 11.4. The Hall–Kier alpha value is -1.63. The second-order valence-corrected chi connectivity index (χ2v) is 6.82. The van der Waals surface area contributed by atoms with Crippen LogP contribution in [-0.4, -0.2) is 22.6 Å². The van der Waals surface area contributed by atoms with Crippen molar-refractivity contribution in [2.75, 3.05) is 10.5 Å². The lowest BCUT2D eigenvalue weighted by atomic mass is 10.2. The number of hydrogen-bond acceptors (Lipinski definition) is 5. The van der Waals surface area contributed by atoms with Crippen molar-refractivity contribution in [2.24, 2.45) is 5.14 Å². The largest absolute Gasteiger partial charge is 0.282 e. The van der Waals surface area contributed by atoms with Crippen molar-refractivity contribution in [3.05, 3.63) is 23.8 Å². The highest BCUT2D eigenvalue weighted by atomic mass is 32.2. The summed E-state index contributed by atoms with van der Waals surface area (Å²) in [5.74, 6) is -0.716. The van der Waals surface area contributed by atoms with E-state index in [-0.39, 0.29) is 10.6 Å². The summed E-state index contributed by atoms with van der Waals surface area (Å²) in [6, 6.07) is 5.30. The molecule has 0 aliphatic rings. The first-order valence-corrected chi connectivity index (χ1v) is 7.86. The van der Waals surface area contributed by atoms with Crippen LogP contribution in [0.15, 0.2) is 23.1 Å². The van der Waals surface area contributed by atoms with Crippen molar-refractivity contribution >= 4 is 25.7 Å². The summed E-state index contributed by atoms with van der Waals surface area (Å²) in [5, 5.41) is 13.3. The molecule has 0 unspecified atom stereocenters. The summed E-state index contributed by atoms with van der Waals surface area (Å²) in [7, 11) is -7.73. The second-order valence-electron chi connectivity index (χ2n) is 3.54. The maximum absolute atomic E-state index is 11.4. The quantitative estimate of drug-likeness (QED) is 0.799. The van der Waals surface area contributed by atoms with Crippen LogP contribution in [0.1, 0.15) is 5.56 Å². The van der Waals surface area contributed by atoms with Gasteiger partial charge in [0.15, 0.2) is 5.75 Å². The number of rotatable bonds is 4. The van der Waals surface area contributed by atoms with Crippen LogP contribution in [0.3, 0.4) is 0 Å². The third-order valence-electron chi connectivity index (χ3n) is 2.06. The minimum Gasteiger partial charge on any atom is -0.282 e. The molecule has 1 rings (SSSR count). The molecule has 1 aromatic carbocycles. The van der Waals surface area contributed by atoms with Gasteiger partial charge >= 0.3 is 0 Å². The van der Waals surface area contributed by atoms with E-state index in [0.29, 0.717) is 5.56 Å². The average Bonchev–Trinajstić information content (AvgIpc) is 2.19. The number of sulfonamides is 2. The molecule has 9 heteroatoms. The van der Waals surface area contributed by atoms with Gasteiger partial charge in [0.2, 0.25) is 20.0 Å². The molecule has 0 saturated heterocycles. The third kappa shape index (κ3) is 3.69. The molecule has 0 aromatic heterocycles. The Morgan fingerprint density at radius 2 is 1.94 bits per heavy atom. The van der Waals surface area contributed by atoms with Gasteiger partial charge in [0, 0.05) is 0 Å². The Labute approximate surface area is 105 Å². The van der Waals surface area contributed by atoms with Crippen LogP contribution in [-0.2, 0) is 20.0 Å². The van der Waals surface area contributed by atoms with Crippen molar-refractivity contribution in [2.45, 2.75) is 11.8 Å². The van der Waals surface area contributed by atoms with Gasteiger partial charge in [-0.15, -0.1) is 0 Å². The summed E-state index contributed by atoms with van der Waals surface area (Å²) < 4.78 is 47.2. The summed E-state index contributed by atoms with van der Waals surface area (Å²) in [4.78, 5) is -0.206. The van der Waals surface area contributed by atoms with Gasteiger partial charge in [-0.05, 0) is 24.6 Å². The Kier molecular flexibility index (Phi) is 3.95. The predicted octanol–water partition coefficient (Wildman–Crippen LogP) is -0.0923. The fourth-order valence-electron chi connectivity index (χ4n) is 1.18. The molecule has 18 heavy (non-hydrogen) atoms. The monoisotopic (exact) mass is 289 g/mol. The summed E-state index contributed by atoms with van der Waals surface area (Å²) in [5.41, 5.74) is 0.598. The molecule has 0 bridgehead atoms. The van der Waals surface area contributed by atoms with Crippen molar-refractivity contribution in [3.63, 3.8) is 0 Å². The topological polar surface area (TPSA) is 130 Å².